The number of thiazole rings is 1. The van der Waals surface area contributed by atoms with Gasteiger partial charge < -0.3 is 0 Å². The van der Waals surface area contributed by atoms with Crippen molar-refractivity contribution in [2.24, 2.45) is 0 Å². The monoisotopic (exact) mass is 467 g/mol. The molecule has 0 radical (unpaired) electrons. The zero-order chi connectivity index (χ0) is 20.5. The molecule has 0 bridgehead atoms. The Morgan fingerprint density at radius 2 is 2.00 bits per heavy atom. The molecule has 29 heavy (non-hydrogen) atoms. The maximum Gasteiger partial charge on any atom is 0.277 e. The van der Waals surface area contributed by atoms with Gasteiger partial charge in [-0.25, -0.2) is 15.0 Å². The van der Waals surface area contributed by atoms with Crippen LogP contribution in [0.1, 0.15) is 42.1 Å². The normalized spacial score (nSPS) is 19.6. The number of likely N-dealkylation sites (tertiary alicyclic amines) is 1. The van der Waals surface area contributed by atoms with E-state index in [0.29, 0.717) is 21.6 Å². The third-order valence-corrected chi connectivity index (χ3v) is 7.31. The van der Waals surface area contributed by atoms with Crippen LogP contribution in [0, 0.1) is 0 Å². The molecule has 1 fully saturated rings. The average Bonchev–Trinajstić information content (AvgIpc) is 3.37. The predicted molar refractivity (Wildman–Crippen MR) is 119 cm³/mol. The van der Waals surface area contributed by atoms with Crippen molar-refractivity contribution in [3.63, 3.8) is 0 Å². The highest BCUT2D eigenvalue weighted by Crippen LogP contribution is 2.37. The summed E-state index contributed by atoms with van der Waals surface area (Å²) in [4.78, 5) is 28.7. The van der Waals surface area contributed by atoms with Gasteiger partial charge in [0.1, 0.15) is 10.8 Å². The van der Waals surface area contributed by atoms with Crippen molar-refractivity contribution >= 4 is 56.9 Å². The van der Waals surface area contributed by atoms with Crippen molar-refractivity contribution in [3.8, 4) is 11.3 Å². The predicted octanol–water partition coefficient (Wildman–Crippen LogP) is 5.59. The lowest BCUT2D eigenvalue weighted by molar-refractivity contribution is 0.102. The van der Waals surface area contributed by atoms with E-state index in [0.717, 1.165) is 22.7 Å². The number of nitrogens with one attached hydrogen (secondary N) is 1. The van der Waals surface area contributed by atoms with Crippen molar-refractivity contribution in [1.82, 2.24) is 19.9 Å². The summed E-state index contributed by atoms with van der Waals surface area (Å²) < 4.78 is 0.712. The quantitative estimate of drug-likeness (QED) is 0.528. The van der Waals surface area contributed by atoms with Crippen LogP contribution >= 0.6 is 45.9 Å². The maximum atomic E-state index is 12.5. The molecule has 4 rings (SSSR count). The van der Waals surface area contributed by atoms with Gasteiger partial charge in [0.25, 0.3) is 5.91 Å². The topological polar surface area (TPSA) is 71.0 Å². The van der Waals surface area contributed by atoms with Crippen LogP contribution in [0.25, 0.3) is 11.3 Å². The van der Waals surface area contributed by atoms with Crippen molar-refractivity contribution in [3.05, 3.63) is 43.9 Å². The van der Waals surface area contributed by atoms with E-state index in [4.69, 9.17) is 28.2 Å². The van der Waals surface area contributed by atoms with Gasteiger partial charge in [-0.2, -0.15) is 0 Å². The molecule has 0 saturated carbocycles. The summed E-state index contributed by atoms with van der Waals surface area (Å²) in [5, 5.41) is 5.60. The molecule has 1 N–H and O–H groups in total. The molecule has 3 aromatic heterocycles. The number of hydrogen-bond donors (Lipinski definition) is 1. The van der Waals surface area contributed by atoms with Gasteiger partial charge >= 0.3 is 0 Å². The summed E-state index contributed by atoms with van der Waals surface area (Å²) in [7, 11) is 0. The average molecular weight is 468 g/mol. The minimum absolute atomic E-state index is 0.188. The van der Waals surface area contributed by atoms with Crippen molar-refractivity contribution < 1.29 is 4.79 Å². The third kappa shape index (κ3) is 4.62. The maximum absolute atomic E-state index is 12.5. The first-order chi connectivity index (χ1) is 13.9. The van der Waals surface area contributed by atoms with Crippen LogP contribution in [-0.4, -0.2) is 37.8 Å². The molecule has 1 aliphatic heterocycles. The molecule has 1 aliphatic rings. The Morgan fingerprint density at radius 3 is 2.62 bits per heavy atom. The Morgan fingerprint density at radius 1 is 1.24 bits per heavy atom. The number of nitrogens with zero attached hydrogens (tertiary/aromatic N) is 4. The number of halogens is 2. The highest BCUT2D eigenvalue weighted by atomic mass is 35.5. The van der Waals surface area contributed by atoms with Gasteiger partial charge in [-0.05, 0) is 32.8 Å². The van der Waals surface area contributed by atoms with E-state index in [9.17, 15) is 4.79 Å². The Bertz CT molecular complexity index is 1010. The number of hydrogen-bond acceptors (Lipinski definition) is 7. The smallest absolute Gasteiger partial charge is 0.277 e. The second kappa shape index (κ2) is 8.65. The number of carbonyl (C=O) groups excluding carboxylic acids is 1. The molecule has 2 atom stereocenters. The van der Waals surface area contributed by atoms with E-state index in [1.54, 1.807) is 0 Å². The Labute approximate surface area is 186 Å². The van der Waals surface area contributed by atoms with Gasteiger partial charge in [0.2, 0.25) is 0 Å². The van der Waals surface area contributed by atoms with Gasteiger partial charge in [0.05, 0.1) is 22.4 Å². The fourth-order valence-corrected chi connectivity index (χ4v) is 5.44. The summed E-state index contributed by atoms with van der Waals surface area (Å²) in [6, 6.07) is 2.96. The molecular formula is C19H19Cl2N5OS2. The highest BCUT2D eigenvalue weighted by molar-refractivity contribution is 7.16. The first kappa shape index (κ1) is 20.7. The Hall–Kier alpha value is -1.58. The van der Waals surface area contributed by atoms with Gasteiger partial charge in [-0.1, -0.05) is 34.5 Å². The van der Waals surface area contributed by atoms with Crippen molar-refractivity contribution in [2.45, 2.75) is 45.3 Å². The van der Waals surface area contributed by atoms with Gasteiger partial charge in [-0.3, -0.25) is 15.0 Å². The molecule has 0 spiro atoms. The molecule has 4 heterocycles. The van der Waals surface area contributed by atoms with E-state index in [2.05, 4.69) is 34.0 Å². The standard InChI is InChI=1S/C19H19Cl2N5OS2/c1-10-3-4-11(2)26(10)8-14-17(12-5-16(21)28-9-12)24-19(29-14)25-18(27)13-6-23-15(20)7-22-13/h5-7,9-11H,3-4,8H2,1-2H3,(H,24,25,27)/t10-,11-/m1/s1. The van der Waals surface area contributed by atoms with Crippen LogP contribution in [0.3, 0.4) is 0 Å². The first-order valence-corrected chi connectivity index (χ1v) is 11.6. The molecule has 10 heteroatoms. The molecule has 1 amide bonds. The molecule has 6 nitrogen and oxygen atoms in total. The number of carbonyl (C=O) groups is 1. The lowest BCUT2D eigenvalue weighted by atomic mass is 10.2. The van der Waals surface area contributed by atoms with Crippen LogP contribution in [0.2, 0.25) is 9.49 Å². The van der Waals surface area contributed by atoms with Gasteiger partial charge in [-0.15, -0.1) is 11.3 Å². The number of rotatable bonds is 5. The Kier molecular flexibility index (Phi) is 6.17. The second-order valence-electron chi connectivity index (χ2n) is 7.06. The van der Waals surface area contributed by atoms with Gasteiger partial charge in [0, 0.05) is 34.4 Å². The molecular weight excluding hydrogens is 449 g/mol. The molecule has 1 saturated heterocycles. The summed E-state index contributed by atoms with van der Waals surface area (Å²) in [5.74, 6) is -0.368. The summed E-state index contributed by atoms with van der Waals surface area (Å²) in [6.45, 7) is 5.31. The molecule has 152 valence electrons. The first-order valence-electron chi connectivity index (χ1n) is 9.19. The van der Waals surface area contributed by atoms with Gasteiger partial charge in [0.15, 0.2) is 5.13 Å². The molecule has 3 aromatic rings. The molecule has 0 unspecified atom stereocenters. The largest absolute Gasteiger partial charge is 0.296 e. The lowest BCUT2D eigenvalue weighted by Gasteiger charge is -2.25. The van der Waals surface area contributed by atoms with Crippen LogP contribution in [-0.2, 0) is 6.54 Å². The summed E-state index contributed by atoms with van der Waals surface area (Å²) in [5.41, 5.74) is 2.02. The van der Waals surface area contributed by atoms with Crippen molar-refractivity contribution in [1.29, 1.82) is 0 Å². The van der Waals surface area contributed by atoms with E-state index in [1.807, 2.05) is 11.4 Å². The molecule has 0 aromatic carbocycles. The van der Waals surface area contributed by atoms with Crippen LogP contribution in [0.5, 0.6) is 0 Å². The van der Waals surface area contributed by atoms with Crippen LogP contribution in [0.4, 0.5) is 5.13 Å². The number of thiophene rings is 1. The van der Waals surface area contributed by atoms with E-state index < -0.39 is 0 Å². The SMILES string of the molecule is C[C@@H]1CC[C@@H](C)N1Cc1sc(NC(=O)c2cnc(Cl)cn2)nc1-c1csc(Cl)c1. The van der Waals surface area contributed by atoms with E-state index in [-0.39, 0.29) is 16.8 Å². The Balaban J connectivity index is 1.62. The minimum atomic E-state index is -0.368. The van der Waals surface area contributed by atoms with Crippen LogP contribution in [0.15, 0.2) is 23.8 Å². The number of anilines is 1. The fourth-order valence-electron chi connectivity index (χ4n) is 3.49. The zero-order valence-corrected chi connectivity index (χ0v) is 19.0. The minimum Gasteiger partial charge on any atom is -0.296 e. The fraction of sp³-hybridized carbons (Fsp3) is 0.368. The number of aromatic nitrogens is 3. The third-order valence-electron chi connectivity index (χ3n) is 5.07. The van der Waals surface area contributed by atoms with E-state index in [1.165, 1.54) is 47.9 Å². The van der Waals surface area contributed by atoms with E-state index >= 15 is 0 Å². The summed E-state index contributed by atoms with van der Waals surface area (Å²) >= 11 is 14.9. The molecule has 0 aliphatic carbocycles. The lowest BCUT2D eigenvalue weighted by Crippen LogP contribution is -2.31. The highest BCUT2D eigenvalue weighted by Gasteiger charge is 2.29. The van der Waals surface area contributed by atoms with Crippen LogP contribution < -0.4 is 5.32 Å². The second-order valence-corrected chi connectivity index (χ2v) is 10.1. The number of amides is 1. The summed E-state index contributed by atoms with van der Waals surface area (Å²) in [6.07, 6.45) is 5.08. The van der Waals surface area contributed by atoms with Crippen molar-refractivity contribution in [2.75, 3.05) is 5.32 Å². The zero-order valence-electron chi connectivity index (χ0n) is 15.9.